The van der Waals surface area contributed by atoms with Gasteiger partial charge in [0.25, 0.3) is 0 Å². The molecule has 152 valence electrons. The number of ether oxygens (including phenoxy) is 1. The second-order valence-electron chi connectivity index (χ2n) is 6.45. The topological polar surface area (TPSA) is 76.4 Å². The quantitative estimate of drug-likeness (QED) is 0.524. The van der Waals surface area contributed by atoms with E-state index in [-0.39, 0.29) is 18.3 Å². The Kier molecular flexibility index (Phi) is 7.19. The van der Waals surface area contributed by atoms with Crippen LogP contribution in [0.1, 0.15) is 16.8 Å². The van der Waals surface area contributed by atoms with Gasteiger partial charge >= 0.3 is 0 Å². The zero-order chi connectivity index (χ0) is 20.8. The molecule has 0 aliphatic rings. The molecule has 0 atom stereocenters. The molecule has 3 rings (SSSR count). The Balaban J connectivity index is 1.65. The van der Waals surface area contributed by atoms with Crippen LogP contribution in [0.4, 0.5) is 5.69 Å². The second-order valence-corrected chi connectivity index (χ2v) is 7.80. The van der Waals surface area contributed by atoms with Gasteiger partial charge in [0.2, 0.25) is 5.91 Å². The fourth-order valence-electron chi connectivity index (χ4n) is 2.68. The SMILES string of the molecule is COc1ccc(Cn2cc(CO)nc2SCC(=O)Nc2ccc(C)c(Cl)c2)cc1. The minimum Gasteiger partial charge on any atom is -0.497 e. The zero-order valence-electron chi connectivity index (χ0n) is 16.2. The van der Waals surface area contributed by atoms with Crippen molar-refractivity contribution in [1.29, 1.82) is 0 Å². The number of aliphatic hydroxyl groups excluding tert-OH is 1. The van der Waals surface area contributed by atoms with E-state index in [0.717, 1.165) is 16.9 Å². The normalized spacial score (nSPS) is 10.8. The number of rotatable bonds is 8. The molecular formula is C21H22ClN3O3S. The van der Waals surface area contributed by atoms with Crippen LogP contribution in [0.25, 0.3) is 0 Å². The minimum atomic E-state index is -0.156. The van der Waals surface area contributed by atoms with E-state index in [2.05, 4.69) is 10.3 Å². The number of halogens is 1. The Morgan fingerprint density at radius 3 is 2.69 bits per heavy atom. The highest BCUT2D eigenvalue weighted by molar-refractivity contribution is 7.99. The summed E-state index contributed by atoms with van der Waals surface area (Å²) in [5, 5.41) is 13.6. The summed E-state index contributed by atoms with van der Waals surface area (Å²) in [6, 6.07) is 13.1. The summed E-state index contributed by atoms with van der Waals surface area (Å²) >= 11 is 7.42. The highest BCUT2D eigenvalue weighted by Crippen LogP contribution is 2.23. The molecule has 8 heteroatoms. The van der Waals surface area contributed by atoms with E-state index in [4.69, 9.17) is 16.3 Å². The molecule has 0 saturated carbocycles. The smallest absolute Gasteiger partial charge is 0.234 e. The molecular weight excluding hydrogens is 410 g/mol. The van der Waals surface area contributed by atoms with E-state index < -0.39 is 0 Å². The van der Waals surface area contributed by atoms with Gasteiger partial charge in [-0.05, 0) is 42.3 Å². The molecule has 2 aromatic carbocycles. The van der Waals surface area contributed by atoms with Crippen molar-refractivity contribution in [2.75, 3.05) is 18.2 Å². The molecule has 29 heavy (non-hydrogen) atoms. The monoisotopic (exact) mass is 431 g/mol. The number of anilines is 1. The van der Waals surface area contributed by atoms with Crippen molar-refractivity contribution in [3.63, 3.8) is 0 Å². The lowest BCUT2D eigenvalue weighted by Crippen LogP contribution is -2.14. The maximum Gasteiger partial charge on any atom is 0.234 e. The lowest BCUT2D eigenvalue weighted by atomic mass is 10.2. The van der Waals surface area contributed by atoms with Gasteiger partial charge < -0.3 is 19.7 Å². The van der Waals surface area contributed by atoms with Crippen molar-refractivity contribution >= 4 is 35.0 Å². The van der Waals surface area contributed by atoms with Gasteiger partial charge in [0, 0.05) is 23.5 Å². The van der Waals surface area contributed by atoms with Crippen molar-refractivity contribution in [2.45, 2.75) is 25.2 Å². The number of imidazole rings is 1. The molecule has 1 amide bonds. The molecule has 3 aromatic rings. The third kappa shape index (κ3) is 5.76. The number of nitrogens with one attached hydrogen (secondary N) is 1. The summed E-state index contributed by atoms with van der Waals surface area (Å²) in [5.74, 6) is 0.827. The highest BCUT2D eigenvalue weighted by atomic mass is 35.5. The fourth-order valence-corrected chi connectivity index (χ4v) is 3.66. The van der Waals surface area contributed by atoms with Crippen LogP contribution in [0.5, 0.6) is 5.75 Å². The number of hydrogen-bond donors (Lipinski definition) is 2. The van der Waals surface area contributed by atoms with Gasteiger partial charge in [-0.3, -0.25) is 4.79 Å². The van der Waals surface area contributed by atoms with Crippen LogP contribution in [-0.4, -0.2) is 33.4 Å². The van der Waals surface area contributed by atoms with E-state index in [1.54, 1.807) is 19.4 Å². The lowest BCUT2D eigenvalue weighted by molar-refractivity contribution is -0.113. The van der Waals surface area contributed by atoms with E-state index in [1.807, 2.05) is 47.9 Å². The Bertz CT molecular complexity index is 989. The van der Waals surface area contributed by atoms with Crippen LogP contribution in [0.3, 0.4) is 0 Å². The number of nitrogens with zero attached hydrogens (tertiary/aromatic N) is 2. The summed E-state index contributed by atoms with van der Waals surface area (Å²) in [6.07, 6.45) is 1.80. The van der Waals surface area contributed by atoms with Crippen molar-refractivity contribution in [3.05, 3.63) is 70.5 Å². The first-order chi connectivity index (χ1) is 14.0. The van der Waals surface area contributed by atoms with Gasteiger partial charge in [-0.25, -0.2) is 4.98 Å². The average molecular weight is 432 g/mol. The minimum absolute atomic E-state index is 0.153. The van der Waals surface area contributed by atoms with Gasteiger partial charge in [-0.15, -0.1) is 0 Å². The van der Waals surface area contributed by atoms with Gasteiger partial charge in [0.05, 0.1) is 25.2 Å². The molecule has 0 radical (unpaired) electrons. The van der Waals surface area contributed by atoms with Crippen LogP contribution in [0.15, 0.2) is 53.8 Å². The van der Waals surface area contributed by atoms with Crippen LogP contribution >= 0.6 is 23.4 Å². The van der Waals surface area contributed by atoms with Crippen molar-refractivity contribution in [2.24, 2.45) is 0 Å². The predicted molar refractivity (Wildman–Crippen MR) is 116 cm³/mol. The molecule has 0 aliphatic heterocycles. The standard InChI is InChI=1S/C21H22ClN3O3S/c1-14-3-6-16(9-19(14)22)23-20(27)13-29-21-24-17(12-26)11-25(21)10-15-4-7-18(28-2)8-5-15/h3-9,11,26H,10,12-13H2,1-2H3,(H,23,27). The maximum atomic E-state index is 12.3. The fraction of sp³-hybridized carbons (Fsp3) is 0.238. The zero-order valence-corrected chi connectivity index (χ0v) is 17.8. The predicted octanol–water partition coefficient (Wildman–Crippen LogP) is 4.12. The number of aliphatic hydroxyl groups is 1. The number of aryl methyl sites for hydroxylation is 1. The van der Waals surface area contributed by atoms with E-state index in [0.29, 0.717) is 28.1 Å². The van der Waals surface area contributed by atoms with Crippen LogP contribution in [0, 0.1) is 6.92 Å². The van der Waals surface area contributed by atoms with Crippen molar-refractivity contribution in [1.82, 2.24) is 9.55 Å². The lowest BCUT2D eigenvalue weighted by Gasteiger charge is -2.09. The molecule has 1 aromatic heterocycles. The van der Waals surface area contributed by atoms with Crippen LogP contribution < -0.4 is 10.1 Å². The van der Waals surface area contributed by atoms with Gasteiger partial charge in [-0.2, -0.15) is 0 Å². The molecule has 1 heterocycles. The first-order valence-corrected chi connectivity index (χ1v) is 10.3. The Morgan fingerprint density at radius 1 is 1.28 bits per heavy atom. The number of carbonyl (C=O) groups is 1. The number of methoxy groups -OCH3 is 1. The first-order valence-electron chi connectivity index (χ1n) is 8.97. The van der Waals surface area contributed by atoms with Gasteiger partial charge in [-0.1, -0.05) is 41.6 Å². The van der Waals surface area contributed by atoms with E-state index >= 15 is 0 Å². The third-order valence-electron chi connectivity index (χ3n) is 4.25. The molecule has 0 spiro atoms. The first kappa shape index (κ1) is 21.2. The number of carbonyl (C=O) groups excluding carboxylic acids is 1. The number of benzene rings is 2. The van der Waals surface area contributed by atoms with Crippen LogP contribution in [0.2, 0.25) is 5.02 Å². The summed E-state index contributed by atoms with van der Waals surface area (Å²) in [7, 11) is 1.63. The summed E-state index contributed by atoms with van der Waals surface area (Å²) in [5.41, 5.74) is 3.24. The number of thioether (sulfide) groups is 1. The molecule has 0 aliphatic carbocycles. The Labute approximate surface area is 178 Å². The molecule has 0 bridgehead atoms. The summed E-state index contributed by atoms with van der Waals surface area (Å²) < 4.78 is 7.11. The molecule has 0 unspecified atom stereocenters. The summed E-state index contributed by atoms with van der Waals surface area (Å²) in [4.78, 5) is 16.7. The van der Waals surface area contributed by atoms with Gasteiger partial charge in [0.1, 0.15) is 5.75 Å². The van der Waals surface area contributed by atoms with Crippen LogP contribution in [-0.2, 0) is 17.9 Å². The summed E-state index contributed by atoms with van der Waals surface area (Å²) in [6.45, 7) is 2.33. The molecule has 0 fully saturated rings. The maximum absolute atomic E-state index is 12.3. The average Bonchev–Trinajstić information content (AvgIpc) is 3.11. The van der Waals surface area contributed by atoms with Crippen molar-refractivity contribution in [3.8, 4) is 5.75 Å². The second kappa shape index (κ2) is 9.82. The molecule has 6 nitrogen and oxygen atoms in total. The third-order valence-corrected chi connectivity index (χ3v) is 5.65. The molecule has 2 N–H and O–H groups in total. The van der Waals surface area contributed by atoms with Gasteiger partial charge in [0.15, 0.2) is 5.16 Å². The van der Waals surface area contributed by atoms with Crippen molar-refractivity contribution < 1.29 is 14.6 Å². The number of hydrogen-bond acceptors (Lipinski definition) is 5. The Hall–Kier alpha value is -2.48. The largest absolute Gasteiger partial charge is 0.497 e. The number of aromatic nitrogens is 2. The van der Waals surface area contributed by atoms with E-state index in [9.17, 15) is 9.90 Å². The molecule has 0 saturated heterocycles. The number of amides is 1. The highest BCUT2D eigenvalue weighted by Gasteiger charge is 2.12. The Morgan fingerprint density at radius 2 is 2.03 bits per heavy atom. The van der Waals surface area contributed by atoms with E-state index in [1.165, 1.54) is 11.8 Å².